The van der Waals surface area contributed by atoms with Gasteiger partial charge in [-0.2, -0.15) is 0 Å². The fourth-order valence-corrected chi connectivity index (χ4v) is 4.41. The highest BCUT2D eigenvalue weighted by Gasteiger charge is 2.62. The number of hydrogen-bond donors (Lipinski definition) is 1. The fraction of sp³-hybridized carbons (Fsp3) is 1.00. The summed E-state index contributed by atoms with van der Waals surface area (Å²) in [5, 5.41) is 0. The van der Waals surface area contributed by atoms with Crippen LogP contribution < -0.4 is 4.72 Å². The molecule has 2 aliphatic carbocycles. The molecule has 0 amide bonds. The summed E-state index contributed by atoms with van der Waals surface area (Å²) in [6.07, 6.45) is 3.66. The van der Waals surface area contributed by atoms with E-state index in [0.717, 1.165) is 25.7 Å². The standard InChI is InChI=1S/C10H19NO2S/c1-9(2,3)10(6-7-10)14(12,13)11-8-4-5-8/h8,11H,4-7H2,1-3H3. The summed E-state index contributed by atoms with van der Waals surface area (Å²) in [5.74, 6) is 0. The van der Waals surface area contributed by atoms with E-state index in [1.54, 1.807) is 0 Å². The summed E-state index contributed by atoms with van der Waals surface area (Å²) in [5.41, 5.74) is -0.145. The van der Waals surface area contributed by atoms with E-state index in [2.05, 4.69) is 4.72 Å². The molecule has 0 atom stereocenters. The fourth-order valence-electron chi connectivity index (χ4n) is 2.07. The van der Waals surface area contributed by atoms with Crippen molar-refractivity contribution >= 4 is 10.0 Å². The number of nitrogens with one attached hydrogen (secondary N) is 1. The molecule has 0 aromatic rings. The lowest BCUT2D eigenvalue weighted by Gasteiger charge is -2.30. The van der Waals surface area contributed by atoms with Gasteiger partial charge in [0.1, 0.15) is 0 Å². The van der Waals surface area contributed by atoms with E-state index in [1.807, 2.05) is 20.8 Å². The van der Waals surface area contributed by atoms with E-state index in [9.17, 15) is 8.42 Å². The van der Waals surface area contributed by atoms with Crippen molar-refractivity contribution in [2.45, 2.75) is 57.2 Å². The Labute approximate surface area is 86.3 Å². The van der Waals surface area contributed by atoms with Gasteiger partial charge in [0.25, 0.3) is 0 Å². The van der Waals surface area contributed by atoms with Crippen LogP contribution in [0.5, 0.6) is 0 Å². The molecule has 2 rings (SSSR count). The maximum atomic E-state index is 12.1. The van der Waals surface area contributed by atoms with Gasteiger partial charge in [-0.1, -0.05) is 20.8 Å². The first-order chi connectivity index (χ1) is 6.29. The smallest absolute Gasteiger partial charge is 0.212 e. The number of sulfonamides is 1. The SMILES string of the molecule is CC(C)(C)C1(S(=O)(=O)NC2CC2)CC1. The number of rotatable bonds is 3. The summed E-state index contributed by atoms with van der Waals surface area (Å²) in [7, 11) is -3.09. The van der Waals surface area contributed by atoms with Crippen molar-refractivity contribution in [3.05, 3.63) is 0 Å². The van der Waals surface area contributed by atoms with E-state index in [1.165, 1.54) is 0 Å². The van der Waals surface area contributed by atoms with Gasteiger partial charge in [0, 0.05) is 6.04 Å². The highest BCUT2D eigenvalue weighted by molar-refractivity contribution is 7.91. The second-order valence-corrected chi connectivity index (χ2v) is 7.66. The van der Waals surface area contributed by atoms with Crippen LogP contribution in [-0.2, 0) is 10.0 Å². The quantitative estimate of drug-likeness (QED) is 0.781. The molecule has 0 bridgehead atoms. The van der Waals surface area contributed by atoms with Crippen LogP contribution in [0.2, 0.25) is 0 Å². The molecule has 82 valence electrons. The highest BCUT2D eigenvalue weighted by atomic mass is 32.2. The van der Waals surface area contributed by atoms with Crippen molar-refractivity contribution in [3.8, 4) is 0 Å². The predicted octanol–water partition coefficient (Wildman–Crippen LogP) is 1.65. The third-order valence-electron chi connectivity index (χ3n) is 3.48. The van der Waals surface area contributed by atoms with E-state index >= 15 is 0 Å². The monoisotopic (exact) mass is 217 g/mol. The van der Waals surface area contributed by atoms with Gasteiger partial charge in [-0.15, -0.1) is 0 Å². The number of hydrogen-bond acceptors (Lipinski definition) is 2. The normalized spacial score (nSPS) is 26.2. The molecule has 0 unspecified atom stereocenters. The Balaban J connectivity index is 2.20. The Morgan fingerprint density at radius 1 is 1.21 bits per heavy atom. The molecule has 2 aliphatic rings. The zero-order chi connectivity index (χ0) is 10.6. The molecule has 14 heavy (non-hydrogen) atoms. The van der Waals surface area contributed by atoms with E-state index in [0.29, 0.717) is 0 Å². The molecule has 0 aromatic carbocycles. The zero-order valence-corrected chi connectivity index (χ0v) is 9.95. The van der Waals surface area contributed by atoms with Crippen LogP contribution in [0, 0.1) is 5.41 Å². The second-order valence-electron chi connectivity index (χ2n) is 5.64. The largest absolute Gasteiger partial charge is 0.218 e. The van der Waals surface area contributed by atoms with Gasteiger partial charge in [-0.25, -0.2) is 13.1 Å². The lowest BCUT2D eigenvalue weighted by atomic mass is 9.90. The van der Waals surface area contributed by atoms with Gasteiger partial charge in [-0.05, 0) is 31.1 Å². The van der Waals surface area contributed by atoms with Crippen LogP contribution in [0.3, 0.4) is 0 Å². The highest BCUT2D eigenvalue weighted by Crippen LogP contribution is 2.55. The van der Waals surface area contributed by atoms with Crippen molar-refractivity contribution in [3.63, 3.8) is 0 Å². The summed E-state index contributed by atoms with van der Waals surface area (Å²) >= 11 is 0. The van der Waals surface area contributed by atoms with E-state index in [-0.39, 0.29) is 11.5 Å². The maximum Gasteiger partial charge on any atom is 0.218 e. The first-order valence-electron chi connectivity index (χ1n) is 5.30. The van der Waals surface area contributed by atoms with Crippen molar-refractivity contribution in [2.24, 2.45) is 5.41 Å². The lowest BCUT2D eigenvalue weighted by molar-refractivity contribution is 0.359. The van der Waals surface area contributed by atoms with Crippen molar-refractivity contribution < 1.29 is 8.42 Å². The Hall–Kier alpha value is -0.0900. The topological polar surface area (TPSA) is 46.2 Å². The lowest BCUT2D eigenvalue weighted by Crippen LogP contribution is -2.45. The molecule has 0 aromatic heterocycles. The molecular weight excluding hydrogens is 198 g/mol. The first kappa shape index (κ1) is 10.4. The summed E-state index contributed by atoms with van der Waals surface area (Å²) in [4.78, 5) is 0. The molecule has 2 saturated carbocycles. The van der Waals surface area contributed by atoms with E-state index in [4.69, 9.17) is 0 Å². The van der Waals surface area contributed by atoms with Gasteiger partial charge < -0.3 is 0 Å². The molecule has 3 nitrogen and oxygen atoms in total. The molecule has 0 spiro atoms. The molecule has 0 aliphatic heterocycles. The van der Waals surface area contributed by atoms with Crippen molar-refractivity contribution in [1.29, 1.82) is 0 Å². The van der Waals surface area contributed by atoms with Crippen LogP contribution in [-0.4, -0.2) is 19.2 Å². The molecule has 2 fully saturated rings. The Bertz CT molecular complexity index is 332. The van der Waals surface area contributed by atoms with Gasteiger partial charge in [0.05, 0.1) is 4.75 Å². The Kier molecular flexibility index (Phi) is 2.03. The van der Waals surface area contributed by atoms with Crippen LogP contribution in [0.1, 0.15) is 46.5 Å². The van der Waals surface area contributed by atoms with Gasteiger partial charge in [0.15, 0.2) is 0 Å². The molecular formula is C10H19NO2S. The average molecular weight is 217 g/mol. The predicted molar refractivity (Wildman–Crippen MR) is 56.5 cm³/mol. The Morgan fingerprint density at radius 2 is 1.71 bits per heavy atom. The molecule has 0 radical (unpaired) electrons. The summed E-state index contributed by atoms with van der Waals surface area (Å²) in [6.45, 7) is 6.06. The van der Waals surface area contributed by atoms with Crippen LogP contribution in [0.4, 0.5) is 0 Å². The first-order valence-corrected chi connectivity index (χ1v) is 6.79. The third kappa shape index (κ3) is 1.48. The van der Waals surface area contributed by atoms with Crippen LogP contribution in [0.25, 0.3) is 0 Å². The second kappa shape index (κ2) is 2.73. The van der Waals surface area contributed by atoms with E-state index < -0.39 is 14.8 Å². The summed E-state index contributed by atoms with van der Waals surface area (Å²) in [6, 6.07) is 0.236. The van der Waals surface area contributed by atoms with Crippen molar-refractivity contribution in [2.75, 3.05) is 0 Å². The molecule has 4 heteroatoms. The average Bonchev–Trinajstić information content (AvgIpc) is 2.77. The maximum absolute atomic E-state index is 12.1. The van der Waals surface area contributed by atoms with Gasteiger partial charge in [0.2, 0.25) is 10.0 Å². The minimum Gasteiger partial charge on any atom is -0.212 e. The van der Waals surface area contributed by atoms with Crippen LogP contribution in [0.15, 0.2) is 0 Å². The van der Waals surface area contributed by atoms with Gasteiger partial charge in [-0.3, -0.25) is 0 Å². The molecule has 0 heterocycles. The minimum absolute atomic E-state index is 0.145. The zero-order valence-electron chi connectivity index (χ0n) is 9.13. The van der Waals surface area contributed by atoms with Crippen molar-refractivity contribution in [1.82, 2.24) is 4.72 Å². The molecule has 0 saturated heterocycles. The molecule has 1 N–H and O–H groups in total. The third-order valence-corrected chi connectivity index (χ3v) is 6.18. The minimum atomic E-state index is -3.09. The van der Waals surface area contributed by atoms with Gasteiger partial charge >= 0.3 is 0 Å². The Morgan fingerprint density at radius 3 is 2.00 bits per heavy atom. The summed E-state index contributed by atoms with van der Waals surface area (Å²) < 4.78 is 26.5. The van der Waals surface area contributed by atoms with Crippen LogP contribution >= 0.6 is 0 Å².